The minimum Gasteiger partial charge on any atom is -0.497 e. The number of carbonyl (C=O) groups excluding carboxylic acids is 3. The van der Waals surface area contributed by atoms with Crippen LogP contribution in [0.3, 0.4) is 0 Å². The van der Waals surface area contributed by atoms with Gasteiger partial charge in [-0.05, 0) is 54.6 Å². The molecule has 0 bridgehead atoms. The van der Waals surface area contributed by atoms with Crippen LogP contribution in [0.4, 0.5) is 17.1 Å². The molecule has 1 heterocycles. The Morgan fingerprint density at radius 2 is 1.50 bits per heavy atom. The monoisotopic (exact) mass is 545 g/mol. The first kappa shape index (κ1) is 25.4. The maximum atomic E-state index is 13.0. The Balaban J connectivity index is 1.49. The Morgan fingerprint density at radius 1 is 0.833 bits per heavy atom. The van der Waals surface area contributed by atoms with Gasteiger partial charge in [-0.1, -0.05) is 34.8 Å². The van der Waals surface area contributed by atoms with E-state index in [0.717, 1.165) is 4.90 Å². The van der Waals surface area contributed by atoms with Crippen molar-refractivity contribution in [3.8, 4) is 11.5 Å². The molecule has 3 amide bonds. The van der Waals surface area contributed by atoms with Gasteiger partial charge >= 0.3 is 0 Å². The summed E-state index contributed by atoms with van der Waals surface area (Å²) in [4.78, 5) is 39.2. The SMILES string of the molecule is COc1ccc(NC(=O)c2ccc(NC3=C(Cl)C(=O)N(c4cc(Cl)cc(Cl)c4)C3=O)cc2)c(OC)c1. The van der Waals surface area contributed by atoms with Crippen molar-refractivity contribution in [1.29, 1.82) is 0 Å². The molecular weight excluding hydrogens is 529 g/mol. The zero-order chi connectivity index (χ0) is 26.0. The molecular formula is C25H18Cl3N3O5. The van der Waals surface area contributed by atoms with Crippen molar-refractivity contribution in [2.45, 2.75) is 0 Å². The van der Waals surface area contributed by atoms with Gasteiger partial charge in [0, 0.05) is 27.4 Å². The predicted octanol–water partition coefficient (Wildman–Crippen LogP) is 5.70. The summed E-state index contributed by atoms with van der Waals surface area (Å²) in [5, 5.41) is 5.86. The van der Waals surface area contributed by atoms with Gasteiger partial charge in [0.15, 0.2) is 0 Å². The standard InChI is InChI=1S/C25H18Cl3N3O5/c1-35-18-7-8-19(20(12-18)36-2)30-23(32)13-3-5-16(6-4-13)29-22-21(28)24(33)31(25(22)34)17-10-14(26)9-15(27)11-17/h3-12,29H,1-2H3,(H,30,32). The summed E-state index contributed by atoms with van der Waals surface area (Å²) < 4.78 is 10.5. The zero-order valence-corrected chi connectivity index (χ0v) is 21.2. The molecule has 1 aliphatic heterocycles. The third-order valence-corrected chi connectivity index (χ3v) is 5.99. The first-order chi connectivity index (χ1) is 17.2. The van der Waals surface area contributed by atoms with E-state index >= 15 is 0 Å². The van der Waals surface area contributed by atoms with Crippen molar-refractivity contribution in [2.24, 2.45) is 0 Å². The molecule has 0 saturated carbocycles. The van der Waals surface area contributed by atoms with Crippen molar-refractivity contribution >= 4 is 69.6 Å². The molecule has 36 heavy (non-hydrogen) atoms. The van der Waals surface area contributed by atoms with Crippen LogP contribution in [-0.4, -0.2) is 31.9 Å². The molecule has 4 rings (SSSR count). The Hall–Kier alpha value is -3.72. The number of amides is 3. The average molecular weight is 547 g/mol. The molecule has 3 aromatic carbocycles. The number of carbonyl (C=O) groups is 3. The maximum absolute atomic E-state index is 13.0. The maximum Gasteiger partial charge on any atom is 0.283 e. The summed E-state index contributed by atoms with van der Waals surface area (Å²) in [5.74, 6) is -0.732. The van der Waals surface area contributed by atoms with Gasteiger partial charge in [-0.25, -0.2) is 4.90 Å². The summed E-state index contributed by atoms with van der Waals surface area (Å²) >= 11 is 18.2. The number of hydrogen-bond donors (Lipinski definition) is 2. The van der Waals surface area contributed by atoms with Crippen LogP contribution in [0, 0.1) is 0 Å². The number of nitrogens with zero attached hydrogens (tertiary/aromatic N) is 1. The zero-order valence-electron chi connectivity index (χ0n) is 18.9. The normalized spacial score (nSPS) is 13.2. The number of halogens is 3. The highest BCUT2D eigenvalue weighted by molar-refractivity contribution is 6.53. The molecule has 184 valence electrons. The van der Waals surface area contributed by atoms with E-state index in [1.165, 1.54) is 32.4 Å². The summed E-state index contributed by atoms with van der Waals surface area (Å²) in [6.45, 7) is 0. The number of rotatable bonds is 7. The fraction of sp³-hybridized carbons (Fsp3) is 0.0800. The fourth-order valence-electron chi connectivity index (χ4n) is 3.46. The van der Waals surface area contributed by atoms with Crippen molar-refractivity contribution < 1.29 is 23.9 Å². The molecule has 0 atom stereocenters. The number of hydrogen-bond acceptors (Lipinski definition) is 6. The van der Waals surface area contributed by atoms with E-state index < -0.39 is 11.8 Å². The topological polar surface area (TPSA) is 97.0 Å². The molecule has 2 N–H and O–H groups in total. The quantitative estimate of drug-likeness (QED) is 0.369. The van der Waals surface area contributed by atoms with E-state index in [1.807, 2.05) is 0 Å². The molecule has 0 spiro atoms. The molecule has 0 unspecified atom stereocenters. The largest absolute Gasteiger partial charge is 0.497 e. The smallest absolute Gasteiger partial charge is 0.283 e. The summed E-state index contributed by atoms with van der Waals surface area (Å²) in [7, 11) is 3.02. The highest BCUT2D eigenvalue weighted by Gasteiger charge is 2.39. The second-order valence-electron chi connectivity index (χ2n) is 7.49. The summed E-state index contributed by atoms with van der Waals surface area (Å²) in [6.07, 6.45) is 0. The number of methoxy groups -OCH3 is 2. The van der Waals surface area contributed by atoms with Crippen LogP contribution in [0.25, 0.3) is 0 Å². The van der Waals surface area contributed by atoms with Gasteiger partial charge in [0.1, 0.15) is 22.2 Å². The molecule has 0 fully saturated rings. The highest BCUT2D eigenvalue weighted by atomic mass is 35.5. The second-order valence-corrected chi connectivity index (χ2v) is 8.74. The van der Waals surface area contributed by atoms with Crippen LogP contribution in [0.2, 0.25) is 10.0 Å². The molecule has 11 heteroatoms. The lowest BCUT2D eigenvalue weighted by Crippen LogP contribution is -2.32. The lowest BCUT2D eigenvalue weighted by molar-refractivity contribution is -0.120. The van der Waals surface area contributed by atoms with E-state index in [0.29, 0.717) is 28.4 Å². The summed E-state index contributed by atoms with van der Waals surface area (Å²) in [6, 6.07) is 15.6. The van der Waals surface area contributed by atoms with Crippen LogP contribution in [0.5, 0.6) is 11.5 Å². The molecule has 8 nitrogen and oxygen atoms in total. The van der Waals surface area contributed by atoms with Crippen LogP contribution in [-0.2, 0) is 9.59 Å². The molecule has 0 saturated heterocycles. The molecule has 0 aromatic heterocycles. The van der Waals surface area contributed by atoms with E-state index in [1.54, 1.807) is 42.5 Å². The Morgan fingerprint density at radius 3 is 2.11 bits per heavy atom. The van der Waals surface area contributed by atoms with Crippen molar-refractivity contribution in [3.63, 3.8) is 0 Å². The number of imide groups is 1. The number of ether oxygens (including phenoxy) is 2. The molecule has 1 aliphatic rings. The lowest BCUT2D eigenvalue weighted by atomic mass is 10.1. The molecule has 0 aliphatic carbocycles. The second kappa shape index (κ2) is 10.5. The van der Waals surface area contributed by atoms with E-state index in [2.05, 4.69) is 10.6 Å². The number of anilines is 3. The Bertz CT molecular complexity index is 1390. The lowest BCUT2D eigenvalue weighted by Gasteiger charge is -2.16. The van der Waals surface area contributed by atoms with Crippen molar-refractivity contribution in [3.05, 3.63) is 87.0 Å². The van der Waals surface area contributed by atoms with Gasteiger partial charge in [-0.2, -0.15) is 0 Å². The molecule has 0 radical (unpaired) electrons. The van der Waals surface area contributed by atoms with Crippen molar-refractivity contribution in [1.82, 2.24) is 0 Å². The van der Waals surface area contributed by atoms with Gasteiger partial charge in [0.2, 0.25) is 0 Å². The van der Waals surface area contributed by atoms with Crippen LogP contribution < -0.4 is 25.0 Å². The van der Waals surface area contributed by atoms with E-state index in [9.17, 15) is 14.4 Å². The van der Waals surface area contributed by atoms with Crippen LogP contribution in [0.1, 0.15) is 10.4 Å². The van der Waals surface area contributed by atoms with E-state index in [-0.39, 0.29) is 32.4 Å². The first-order valence-corrected chi connectivity index (χ1v) is 11.5. The summed E-state index contributed by atoms with van der Waals surface area (Å²) in [5.41, 5.74) is 1.34. The number of benzene rings is 3. The number of nitrogens with one attached hydrogen (secondary N) is 2. The third kappa shape index (κ3) is 5.11. The minimum atomic E-state index is -0.716. The van der Waals surface area contributed by atoms with Gasteiger partial charge in [-0.3, -0.25) is 14.4 Å². The highest BCUT2D eigenvalue weighted by Crippen LogP contribution is 2.33. The van der Waals surface area contributed by atoms with Crippen LogP contribution >= 0.6 is 34.8 Å². The first-order valence-electron chi connectivity index (χ1n) is 10.4. The molecule has 3 aromatic rings. The average Bonchev–Trinajstić information content (AvgIpc) is 3.07. The van der Waals surface area contributed by atoms with Gasteiger partial charge in [-0.15, -0.1) is 0 Å². The van der Waals surface area contributed by atoms with Gasteiger partial charge < -0.3 is 20.1 Å². The minimum absolute atomic E-state index is 0.113. The van der Waals surface area contributed by atoms with Crippen LogP contribution in [0.15, 0.2) is 71.4 Å². The van der Waals surface area contributed by atoms with Gasteiger partial charge in [0.05, 0.1) is 25.6 Å². The van der Waals surface area contributed by atoms with E-state index in [4.69, 9.17) is 44.3 Å². The fourth-order valence-corrected chi connectivity index (χ4v) is 4.19. The predicted molar refractivity (Wildman–Crippen MR) is 139 cm³/mol. The Labute approximate surface area is 221 Å². The van der Waals surface area contributed by atoms with Gasteiger partial charge in [0.25, 0.3) is 17.7 Å². The van der Waals surface area contributed by atoms with Crippen molar-refractivity contribution in [2.75, 3.05) is 29.8 Å². The Kier molecular flexibility index (Phi) is 7.40. The third-order valence-electron chi connectivity index (χ3n) is 5.21.